The number of likely N-dealkylation sites (tertiary alicyclic amines) is 1. The van der Waals surface area contributed by atoms with Gasteiger partial charge in [0, 0.05) is 11.9 Å². The number of carbonyl (C=O) groups is 1. The maximum Gasteiger partial charge on any atom is 0.236 e. The van der Waals surface area contributed by atoms with E-state index >= 15 is 0 Å². The van der Waals surface area contributed by atoms with Gasteiger partial charge in [-0.1, -0.05) is 11.6 Å². The Hall–Kier alpha value is -0.330. The Morgan fingerprint density at radius 3 is 2.67 bits per heavy atom. The van der Waals surface area contributed by atoms with Crippen LogP contribution in [-0.4, -0.2) is 48.9 Å². The second kappa shape index (κ2) is 8.96. The second-order valence-corrected chi connectivity index (χ2v) is 7.21. The van der Waals surface area contributed by atoms with Crippen LogP contribution in [0.3, 0.4) is 0 Å². The van der Waals surface area contributed by atoms with E-state index in [0.29, 0.717) is 19.0 Å². The summed E-state index contributed by atoms with van der Waals surface area (Å²) in [4.78, 5) is 17.3. The summed E-state index contributed by atoms with van der Waals surface area (Å²) >= 11 is 7.43. The Labute approximate surface area is 141 Å². The first-order chi connectivity index (χ1) is 9.58. The van der Waals surface area contributed by atoms with Crippen LogP contribution in [0, 0.1) is 5.92 Å². The molecule has 0 spiro atoms. The van der Waals surface area contributed by atoms with Gasteiger partial charge in [-0.15, -0.1) is 23.7 Å². The van der Waals surface area contributed by atoms with Crippen molar-refractivity contribution in [3.63, 3.8) is 0 Å². The molecule has 1 aliphatic heterocycles. The third-order valence-corrected chi connectivity index (χ3v) is 5.06. The van der Waals surface area contributed by atoms with Gasteiger partial charge in [-0.2, -0.15) is 0 Å². The molecule has 120 valence electrons. The van der Waals surface area contributed by atoms with Crippen molar-refractivity contribution in [1.82, 2.24) is 9.80 Å². The van der Waals surface area contributed by atoms with Crippen LogP contribution in [0.25, 0.3) is 0 Å². The molecule has 0 radical (unpaired) electrons. The zero-order valence-corrected chi connectivity index (χ0v) is 14.6. The molecule has 4 nitrogen and oxygen atoms in total. The van der Waals surface area contributed by atoms with Crippen molar-refractivity contribution in [2.24, 2.45) is 11.7 Å². The lowest BCUT2D eigenvalue weighted by molar-refractivity contribution is -0.131. The number of thiophene rings is 1. The SMILES string of the molecule is CN(Cc1ccc(Cl)s1)C(=O)CN1CCC(CN)CC1.Cl. The first kappa shape index (κ1) is 18.7. The van der Waals surface area contributed by atoms with E-state index in [-0.39, 0.29) is 18.3 Å². The molecule has 1 fully saturated rings. The minimum Gasteiger partial charge on any atom is -0.340 e. The molecular weight excluding hydrogens is 329 g/mol. The molecule has 1 amide bonds. The number of piperidine rings is 1. The molecule has 1 saturated heterocycles. The number of nitrogens with two attached hydrogens (primary N) is 1. The van der Waals surface area contributed by atoms with Crippen LogP contribution in [0.2, 0.25) is 4.34 Å². The van der Waals surface area contributed by atoms with Gasteiger partial charge < -0.3 is 10.6 Å². The minimum atomic E-state index is 0. The first-order valence-corrected chi connectivity index (χ1v) is 8.18. The van der Waals surface area contributed by atoms with Crippen LogP contribution in [-0.2, 0) is 11.3 Å². The van der Waals surface area contributed by atoms with E-state index in [1.54, 1.807) is 4.90 Å². The largest absolute Gasteiger partial charge is 0.340 e. The molecule has 0 bridgehead atoms. The highest BCUT2D eigenvalue weighted by atomic mass is 35.5. The molecule has 0 aliphatic carbocycles. The Bertz CT molecular complexity index is 447. The molecule has 0 aromatic carbocycles. The number of hydrogen-bond acceptors (Lipinski definition) is 4. The molecule has 0 atom stereocenters. The summed E-state index contributed by atoms with van der Waals surface area (Å²) in [6.07, 6.45) is 2.21. The van der Waals surface area contributed by atoms with Crippen LogP contribution in [0.15, 0.2) is 12.1 Å². The van der Waals surface area contributed by atoms with E-state index in [0.717, 1.165) is 41.7 Å². The number of likely N-dealkylation sites (N-methyl/N-ethyl adjacent to an activating group) is 1. The van der Waals surface area contributed by atoms with E-state index in [9.17, 15) is 4.79 Å². The van der Waals surface area contributed by atoms with Crippen molar-refractivity contribution in [3.8, 4) is 0 Å². The average Bonchev–Trinajstić information content (AvgIpc) is 2.85. The van der Waals surface area contributed by atoms with E-state index in [1.165, 1.54) is 11.3 Å². The van der Waals surface area contributed by atoms with Gasteiger partial charge in [0.25, 0.3) is 0 Å². The summed E-state index contributed by atoms with van der Waals surface area (Å²) in [5.41, 5.74) is 5.68. The summed E-state index contributed by atoms with van der Waals surface area (Å²) in [5.74, 6) is 0.799. The molecule has 2 heterocycles. The van der Waals surface area contributed by atoms with Gasteiger partial charge in [0.1, 0.15) is 0 Å². The third kappa shape index (κ3) is 5.75. The molecule has 0 unspecified atom stereocenters. The lowest BCUT2D eigenvalue weighted by atomic mass is 9.97. The number of halogens is 2. The van der Waals surface area contributed by atoms with E-state index in [1.807, 2.05) is 19.2 Å². The van der Waals surface area contributed by atoms with Crippen LogP contribution in [0.5, 0.6) is 0 Å². The molecule has 1 aromatic heterocycles. The number of nitrogens with zero attached hydrogens (tertiary/aromatic N) is 2. The Morgan fingerprint density at radius 1 is 1.48 bits per heavy atom. The smallest absolute Gasteiger partial charge is 0.236 e. The highest BCUT2D eigenvalue weighted by Gasteiger charge is 2.21. The topological polar surface area (TPSA) is 49.6 Å². The molecule has 0 saturated carbocycles. The predicted molar refractivity (Wildman–Crippen MR) is 91.3 cm³/mol. The molecule has 7 heteroatoms. The number of rotatable bonds is 5. The van der Waals surface area contributed by atoms with E-state index < -0.39 is 0 Å². The third-order valence-electron chi connectivity index (χ3n) is 3.85. The van der Waals surface area contributed by atoms with Gasteiger partial charge in [0.15, 0.2) is 0 Å². The fourth-order valence-corrected chi connectivity index (χ4v) is 3.59. The van der Waals surface area contributed by atoms with Crippen molar-refractivity contribution in [3.05, 3.63) is 21.3 Å². The van der Waals surface area contributed by atoms with Gasteiger partial charge in [0.05, 0.1) is 17.4 Å². The zero-order chi connectivity index (χ0) is 14.5. The molecule has 1 aliphatic rings. The van der Waals surface area contributed by atoms with Crippen molar-refractivity contribution in [2.45, 2.75) is 19.4 Å². The molecule has 2 rings (SSSR count). The van der Waals surface area contributed by atoms with Crippen molar-refractivity contribution in [2.75, 3.05) is 33.2 Å². The Morgan fingerprint density at radius 2 is 2.14 bits per heavy atom. The summed E-state index contributed by atoms with van der Waals surface area (Å²) < 4.78 is 0.768. The molecule has 1 aromatic rings. The lowest BCUT2D eigenvalue weighted by Crippen LogP contribution is -2.42. The maximum atomic E-state index is 12.2. The standard InChI is InChI=1S/C14H22ClN3OS.ClH/c1-17(9-12-2-3-13(15)20-12)14(19)10-18-6-4-11(8-16)5-7-18;/h2-3,11H,4-10,16H2,1H3;1H. The molecule has 2 N–H and O–H groups in total. The fourth-order valence-electron chi connectivity index (χ4n) is 2.45. The van der Waals surface area contributed by atoms with Crippen LogP contribution in [0.1, 0.15) is 17.7 Å². The van der Waals surface area contributed by atoms with Crippen molar-refractivity contribution >= 4 is 41.3 Å². The highest BCUT2D eigenvalue weighted by molar-refractivity contribution is 7.16. The molecular formula is C14H23Cl2N3OS. The number of hydrogen-bond donors (Lipinski definition) is 1. The monoisotopic (exact) mass is 351 g/mol. The lowest BCUT2D eigenvalue weighted by Gasteiger charge is -2.31. The van der Waals surface area contributed by atoms with E-state index in [4.69, 9.17) is 17.3 Å². The second-order valence-electron chi connectivity index (χ2n) is 5.41. The quantitative estimate of drug-likeness (QED) is 0.886. The molecule has 21 heavy (non-hydrogen) atoms. The van der Waals surface area contributed by atoms with Gasteiger partial charge in [-0.05, 0) is 50.5 Å². The summed E-state index contributed by atoms with van der Waals surface area (Å²) in [7, 11) is 1.85. The summed E-state index contributed by atoms with van der Waals surface area (Å²) in [6, 6.07) is 3.85. The van der Waals surface area contributed by atoms with Gasteiger partial charge in [-0.3, -0.25) is 9.69 Å². The van der Waals surface area contributed by atoms with Gasteiger partial charge in [0.2, 0.25) is 5.91 Å². The first-order valence-electron chi connectivity index (χ1n) is 6.99. The fraction of sp³-hybridized carbons (Fsp3) is 0.643. The van der Waals surface area contributed by atoms with Crippen molar-refractivity contribution in [1.29, 1.82) is 0 Å². The van der Waals surface area contributed by atoms with Gasteiger partial charge in [-0.25, -0.2) is 0 Å². The predicted octanol–water partition coefficient (Wildman–Crippen LogP) is 2.45. The normalized spacial score (nSPS) is 16.5. The maximum absolute atomic E-state index is 12.2. The Balaban J connectivity index is 0.00000220. The van der Waals surface area contributed by atoms with Crippen LogP contribution >= 0.6 is 35.3 Å². The average molecular weight is 352 g/mol. The zero-order valence-electron chi connectivity index (χ0n) is 12.3. The number of carbonyl (C=O) groups excluding carboxylic acids is 1. The van der Waals surface area contributed by atoms with E-state index in [2.05, 4.69) is 4.90 Å². The van der Waals surface area contributed by atoms with Crippen molar-refractivity contribution < 1.29 is 4.79 Å². The minimum absolute atomic E-state index is 0. The summed E-state index contributed by atoms with van der Waals surface area (Å²) in [6.45, 7) is 3.86. The van der Waals surface area contributed by atoms with Crippen LogP contribution in [0.4, 0.5) is 0 Å². The summed E-state index contributed by atoms with van der Waals surface area (Å²) in [5, 5.41) is 0. The number of amides is 1. The van der Waals surface area contributed by atoms with Crippen LogP contribution < -0.4 is 5.73 Å². The highest BCUT2D eigenvalue weighted by Crippen LogP contribution is 2.22. The Kier molecular flexibility index (Phi) is 7.98. The van der Waals surface area contributed by atoms with Gasteiger partial charge >= 0.3 is 0 Å².